The van der Waals surface area contributed by atoms with Crippen molar-refractivity contribution in [3.8, 4) is 23.0 Å². The topological polar surface area (TPSA) is 81.7 Å². The van der Waals surface area contributed by atoms with Crippen LogP contribution in [-0.2, 0) is 0 Å². The van der Waals surface area contributed by atoms with Crippen LogP contribution in [-0.4, -0.2) is 30.2 Å². The number of benzene rings is 3. The lowest BCUT2D eigenvalue weighted by atomic mass is 10.2. The van der Waals surface area contributed by atoms with Gasteiger partial charge in [0.25, 0.3) is 5.91 Å². The minimum atomic E-state index is -0.359. The van der Waals surface area contributed by atoms with Gasteiger partial charge >= 0.3 is 0 Å². The number of carbonyl (C=O) groups is 1. The molecule has 1 amide bonds. The molecule has 0 radical (unpaired) electrons. The molecule has 7 nitrogen and oxygen atoms in total. The van der Waals surface area contributed by atoms with E-state index in [-0.39, 0.29) is 11.0 Å². The summed E-state index contributed by atoms with van der Waals surface area (Å²) in [4.78, 5) is 16.7. The highest BCUT2D eigenvalue weighted by atomic mass is 35.5. The Hall–Kier alpha value is -3.59. The highest BCUT2D eigenvalue weighted by molar-refractivity contribution is 7.80. The second-order valence-corrected chi connectivity index (χ2v) is 8.45. The number of rotatable bonds is 6. The van der Waals surface area contributed by atoms with Crippen molar-refractivity contribution in [3.05, 3.63) is 82.5 Å². The highest BCUT2D eigenvalue weighted by Crippen LogP contribution is 2.38. The zero-order valence-corrected chi connectivity index (χ0v) is 20.9. The molecule has 178 valence electrons. The number of halogens is 2. The van der Waals surface area contributed by atoms with E-state index in [2.05, 4.69) is 15.6 Å². The highest BCUT2D eigenvalue weighted by Gasteiger charge is 2.13. The molecule has 4 aromatic rings. The molecule has 0 aliphatic rings. The van der Waals surface area contributed by atoms with Crippen molar-refractivity contribution < 1.29 is 19.0 Å². The molecule has 4 rings (SSSR count). The van der Waals surface area contributed by atoms with Crippen molar-refractivity contribution >= 4 is 63.0 Å². The summed E-state index contributed by atoms with van der Waals surface area (Å²) in [6.45, 7) is 0. The first-order valence-electron chi connectivity index (χ1n) is 10.2. The summed E-state index contributed by atoms with van der Waals surface area (Å²) in [5.74, 6) is 1.73. The van der Waals surface area contributed by atoms with Gasteiger partial charge in [-0.1, -0.05) is 23.2 Å². The number of methoxy groups -OCH3 is 2. The third-order valence-corrected chi connectivity index (χ3v) is 5.70. The van der Waals surface area contributed by atoms with Gasteiger partial charge in [-0.3, -0.25) is 15.1 Å². The van der Waals surface area contributed by atoms with Crippen LogP contribution in [0.25, 0.3) is 10.9 Å². The van der Waals surface area contributed by atoms with Crippen molar-refractivity contribution in [2.45, 2.75) is 0 Å². The quantitative estimate of drug-likeness (QED) is 0.277. The average molecular weight is 528 g/mol. The van der Waals surface area contributed by atoms with Crippen molar-refractivity contribution in [3.63, 3.8) is 0 Å². The smallest absolute Gasteiger partial charge is 0.257 e. The van der Waals surface area contributed by atoms with E-state index in [1.54, 1.807) is 81.1 Å². The number of pyridine rings is 1. The number of hydrogen-bond acceptors (Lipinski definition) is 6. The molecule has 0 saturated carbocycles. The van der Waals surface area contributed by atoms with E-state index in [1.165, 1.54) is 0 Å². The maximum absolute atomic E-state index is 12.3. The monoisotopic (exact) mass is 527 g/mol. The SMILES string of the molecule is COc1cc2nccc(Oc3ccc(NC(=S)NC(=O)c4ccc(Cl)cc4)cc3Cl)c2cc1OC. The minimum absolute atomic E-state index is 0.121. The van der Waals surface area contributed by atoms with Crippen LogP contribution in [0.15, 0.2) is 66.9 Å². The van der Waals surface area contributed by atoms with Crippen LogP contribution in [0.4, 0.5) is 5.69 Å². The fourth-order valence-corrected chi connectivity index (χ4v) is 3.81. The summed E-state index contributed by atoms with van der Waals surface area (Å²) in [6.07, 6.45) is 1.63. The fraction of sp³-hybridized carbons (Fsp3) is 0.0800. The maximum atomic E-state index is 12.3. The predicted molar refractivity (Wildman–Crippen MR) is 142 cm³/mol. The van der Waals surface area contributed by atoms with Gasteiger partial charge in [0.15, 0.2) is 16.6 Å². The zero-order chi connectivity index (χ0) is 24.9. The normalized spacial score (nSPS) is 10.5. The van der Waals surface area contributed by atoms with Crippen LogP contribution >= 0.6 is 35.4 Å². The predicted octanol–water partition coefficient (Wildman–Crippen LogP) is 6.48. The molecule has 0 saturated heterocycles. The van der Waals surface area contributed by atoms with E-state index in [0.29, 0.717) is 49.8 Å². The Morgan fingerprint density at radius 3 is 2.29 bits per heavy atom. The molecule has 2 N–H and O–H groups in total. The summed E-state index contributed by atoms with van der Waals surface area (Å²) in [5.41, 5.74) is 1.69. The molecule has 0 atom stereocenters. The van der Waals surface area contributed by atoms with Gasteiger partial charge in [0.2, 0.25) is 0 Å². The number of nitrogens with zero attached hydrogens (tertiary/aromatic N) is 1. The molecular weight excluding hydrogens is 509 g/mol. The molecule has 0 spiro atoms. The van der Waals surface area contributed by atoms with Gasteiger partial charge in [-0.15, -0.1) is 0 Å². The van der Waals surface area contributed by atoms with Gasteiger partial charge in [0, 0.05) is 33.9 Å². The molecule has 0 aliphatic carbocycles. The molecule has 1 aromatic heterocycles. The lowest BCUT2D eigenvalue weighted by Gasteiger charge is -2.14. The number of nitrogens with one attached hydrogen (secondary N) is 2. The molecule has 0 unspecified atom stereocenters. The number of thiocarbonyl (C=S) groups is 1. The third-order valence-electron chi connectivity index (χ3n) is 4.95. The van der Waals surface area contributed by atoms with Gasteiger partial charge in [-0.05, 0) is 66.8 Å². The van der Waals surface area contributed by atoms with Gasteiger partial charge in [-0.25, -0.2) is 0 Å². The number of fused-ring (bicyclic) bond motifs is 1. The molecule has 0 fully saturated rings. The molecule has 10 heteroatoms. The molecule has 35 heavy (non-hydrogen) atoms. The second-order valence-electron chi connectivity index (χ2n) is 7.20. The molecular formula is C25H19Cl2N3O4S. The summed E-state index contributed by atoms with van der Waals surface area (Å²) in [6, 6.07) is 16.8. The Bertz CT molecular complexity index is 1410. The second kappa shape index (κ2) is 10.8. The lowest BCUT2D eigenvalue weighted by molar-refractivity contribution is 0.0977. The fourth-order valence-electron chi connectivity index (χ4n) is 3.26. The van der Waals surface area contributed by atoms with Crippen LogP contribution < -0.4 is 24.8 Å². The molecule has 3 aromatic carbocycles. The van der Waals surface area contributed by atoms with Crippen LogP contribution in [0.2, 0.25) is 10.0 Å². The Morgan fingerprint density at radius 2 is 1.60 bits per heavy atom. The largest absolute Gasteiger partial charge is 0.493 e. The zero-order valence-electron chi connectivity index (χ0n) is 18.6. The van der Waals surface area contributed by atoms with E-state index in [9.17, 15) is 4.79 Å². The number of amides is 1. The van der Waals surface area contributed by atoms with Crippen LogP contribution in [0.5, 0.6) is 23.0 Å². The van der Waals surface area contributed by atoms with E-state index in [4.69, 9.17) is 49.6 Å². The van der Waals surface area contributed by atoms with Gasteiger partial charge < -0.3 is 19.5 Å². The molecule has 1 heterocycles. The Balaban J connectivity index is 1.48. The summed E-state index contributed by atoms with van der Waals surface area (Å²) >= 11 is 17.6. The number of anilines is 1. The minimum Gasteiger partial charge on any atom is -0.493 e. The Morgan fingerprint density at radius 1 is 0.886 bits per heavy atom. The molecule has 0 aliphatic heterocycles. The van der Waals surface area contributed by atoms with E-state index < -0.39 is 0 Å². The first-order valence-corrected chi connectivity index (χ1v) is 11.4. The van der Waals surface area contributed by atoms with Gasteiger partial charge in [-0.2, -0.15) is 0 Å². The standard InChI is InChI=1S/C25H19Cl2N3O4S/c1-32-22-12-17-19(13-23(22)33-2)28-10-9-20(17)34-21-8-7-16(11-18(21)27)29-25(35)30-24(31)14-3-5-15(26)6-4-14/h3-13H,1-2H3,(H2,29,30,31,35). The lowest BCUT2D eigenvalue weighted by Crippen LogP contribution is -2.34. The average Bonchev–Trinajstić information content (AvgIpc) is 2.85. The van der Waals surface area contributed by atoms with E-state index in [0.717, 1.165) is 5.39 Å². The van der Waals surface area contributed by atoms with Crippen molar-refractivity contribution in [2.24, 2.45) is 0 Å². The van der Waals surface area contributed by atoms with Crippen molar-refractivity contribution in [1.82, 2.24) is 10.3 Å². The summed E-state index contributed by atoms with van der Waals surface area (Å²) in [5, 5.41) is 7.28. The number of aromatic nitrogens is 1. The Kier molecular flexibility index (Phi) is 7.55. The number of hydrogen-bond donors (Lipinski definition) is 2. The van der Waals surface area contributed by atoms with Crippen LogP contribution in [0.3, 0.4) is 0 Å². The van der Waals surface area contributed by atoms with Gasteiger partial charge in [0.05, 0.1) is 24.8 Å². The first kappa shape index (κ1) is 24.5. The first-order chi connectivity index (χ1) is 16.9. The van der Waals surface area contributed by atoms with Gasteiger partial charge in [0.1, 0.15) is 11.5 Å². The number of carbonyl (C=O) groups excluding carboxylic acids is 1. The Labute approximate surface area is 216 Å². The third kappa shape index (κ3) is 5.74. The number of ether oxygens (including phenoxy) is 3. The van der Waals surface area contributed by atoms with E-state index in [1.807, 2.05) is 0 Å². The van der Waals surface area contributed by atoms with Crippen LogP contribution in [0, 0.1) is 0 Å². The van der Waals surface area contributed by atoms with E-state index >= 15 is 0 Å². The maximum Gasteiger partial charge on any atom is 0.257 e. The van der Waals surface area contributed by atoms with Crippen LogP contribution in [0.1, 0.15) is 10.4 Å². The van der Waals surface area contributed by atoms with Crippen molar-refractivity contribution in [1.29, 1.82) is 0 Å². The van der Waals surface area contributed by atoms with Crippen molar-refractivity contribution in [2.75, 3.05) is 19.5 Å². The summed E-state index contributed by atoms with van der Waals surface area (Å²) < 4.78 is 16.8. The molecule has 0 bridgehead atoms. The summed E-state index contributed by atoms with van der Waals surface area (Å²) in [7, 11) is 3.12.